The van der Waals surface area contributed by atoms with E-state index in [2.05, 4.69) is 28.6 Å². The van der Waals surface area contributed by atoms with Crippen molar-refractivity contribution < 1.29 is 4.79 Å². The van der Waals surface area contributed by atoms with Crippen LogP contribution in [0.2, 0.25) is 0 Å². The van der Waals surface area contributed by atoms with Gasteiger partial charge in [0.1, 0.15) is 0 Å². The number of benzene rings is 2. The van der Waals surface area contributed by atoms with Crippen molar-refractivity contribution in [1.82, 2.24) is 0 Å². The van der Waals surface area contributed by atoms with Crippen LogP contribution in [0.25, 0.3) is 0 Å². The molecular formula is C20H24N2OS. The van der Waals surface area contributed by atoms with E-state index in [9.17, 15) is 4.79 Å². The number of hydrogen-bond donors (Lipinski definition) is 1. The van der Waals surface area contributed by atoms with Gasteiger partial charge in [-0.25, -0.2) is 0 Å². The van der Waals surface area contributed by atoms with E-state index in [-0.39, 0.29) is 5.91 Å². The maximum Gasteiger partial charge on any atom is 0.255 e. The standard InChI is InChI=1S/C20H24N2OS/c1-24-15-16-5-7-17(8-6-16)20(23)21-18-9-11-19(12-10-18)22-13-3-2-4-14-22/h5-12H,2-4,13-15H2,1H3,(H,21,23). The van der Waals surface area contributed by atoms with Crippen LogP contribution in [0.1, 0.15) is 35.2 Å². The Morgan fingerprint density at radius 3 is 2.29 bits per heavy atom. The topological polar surface area (TPSA) is 32.3 Å². The van der Waals surface area contributed by atoms with Gasteiger partial charge in [-0.1, -0.05) is 12.1 Å². The van der Waals surface area contributed by atoms with Crippen LogP contribution in [0, 0.1) is 0 Å². The van der Waals surface area contributed by atoms with Crippen molar-refractivity contribution in [3.8, 4) is 0 Å². The highest BCUT2D eigenvalue weighted by atomic mass is 32.2. The predicted octanol–water partition coefficient (Wildman–Crippen LogP) is 4.79. The Kier molecular flexibility index (Phi) is 5.81. The summed E-state index contributed by atoms with van der Waals surface area (Å²) in [6, 6.07) is 16.0. The summed E-state index contributed by atoms with van der Waals surface area (Å²) < 4.78 is 0. The molecule has 1 aliphatic rings. The van der Waals surface area contributed by atoms with Crippen LogP contribution in [0.5, 0.6) is 0 Å². The molecule has 0 unspecified atom stereocenters. The van der Waals surface area contributed by atoms with E-state index < -0.39 is 0 Å². The van der Waals surface area contributed by atoms with Gasteiger partial charge >= 0.3 is 0 Å². The SMILES string of the molecule is CSCc1ccc(C(=O)Nc2ccc(N3CCCCC3)cc2)cc1. The Morgan fingerprint density at radius 2 is 1.67 bits per heavy atom. The number of rotatable bonds is 5. The molecule has 1 fully saturated rings. The second-order valence-electron chi connectivity index (χ2n) is 6.18. The molecule has 126 valence electrons. The van der Waals surface area contributed by atoms with Crippen molar-refractivity contribution in [2.75, 3.05) is 29.6 Å². The van der Waals surface area contributed by atoms with Crippen molar-refractivity contribution in [3.63, 3.8) is 0 Å². The zero-order valence-electron chi connectivity index (χ0n) is 14.1. The second-order valence-corrected chi connectivity index (χ2v) is 7.04. The fraction of sp³-hybridized carbons (Fsp3) is 0.350. The fourth-order valence-electron chi connectivity index (χ4n) is 3.03. The predicted molar refractivity (Wildman–Crippen MR) is 104 cm³/mol. The number of thioether (sulfide) groups is 1. The maximum atomic E-state index is 12.3. The molecule has 2 aromatic carbocycles. The third-order valence-corrected chi connectivity index (χ3v) is 5.00. The number of piperidine rings is 1. The van der Waals surface area contributed by atoms with Crippen LogP contribution in [0.3, 0.4) is 0 Å². The number of carbonyl (C=O) groups is 1. The largest absolute Gasteiger partial charge is 0.372 e. The number of hydrogen-bond acceptors (Lipinski definition) is 3. The molecule has 4 heteroatoms. The zero-order valence-corrected chi connectivity index (χ0v) is 14.9. The van der Waals surface area contributed by atoms with Gasteiger partial charge in [-0.2, -0.15) is 11.8 Å². The van der Waals surface area contributed by atoms with Crippen LogP contribution in [0.15, 0.2) is 48.5 Å². The van der Waals surface area contributed by atoms with E-state index in [1.165, 1.54) is 30.5 Å². The van der Waals surface area contributed by atoms with Crippen molar-refractivity contribution in [1.29, 1.82) is 0 Å². The highest BCUT2D eigenvalue weighted by Gasteiger charge is 2.11. The average Bonchev–Trinajstić information content (AvgIpc) is 2.64. The van der Waals surface area contributed by atoms with E-state index >= 15 is 0 Å². The number of nitrogens with zero attached hydrogens (tertiary/aromatic N) is 1. The molecule has 0 saturated carbocycles. The lowest BCUT2D eigenvalue weighted by atomic mass is 10.1. The van der Waals surface area contributed by atoms with Gasteiger partial charge in [0.25, 0.3) is 5.91 Å². The zero-order chi connectivity index (χ0) is 16.8. The summed E-state index contributed by atoms with van der Waals surface area (Å²) in [6.45, 7) is 2.27. The molecule has 0 aromatic heterocycles. The summed E-state index contributed by atoms with van der Waals surface area (Å²) in [5.74, 6) is 0.913. The highest BCUT2D eigenvalue weighted by Crippen LogP contribution is 2.22. The molecule has 1 amide bonds. The Hall–Kier alpha value is -1.94. The average molecular weight is 340 g/mol. The Labute approximate surface area is 148 Å². The summed E-state index contributed by atoms with van der Waals surface area (Å²) in [7, 11) is 0. The number of carbonyl (C=O) groups excluding carboxylic acids is 1. The van der Waals surface area contributed by atoms with Gasteiger partial charge in [-0.3, -0.25) is 4.79 Å². The minimum atomic E-state index is -0.0589. The normalized spacial score (nSPS) is 14.5. The molecule has 0 spiro atoms. The lowest BCUT2D eigenvalue weighted by Crippen LogP contribution is -2.29. The first-order valence-electron chi connectivity index (χ1n) is 8.50. The van der Waals surface area contributed by atoms with Crippen molar-refractivity contribution in [2.45, 2.75) is 25.0 Å². The van der Waals surface area contributed by atoms with E-state index in [0.717, 1.165) is 24.5 Å². The molecular weight excluding hydrogens is 316 g/mol. The van der Waals surface area contributed by atoms with Crippen molar-refractivity contribution in [2.24, 2.45) is 0 Å². The quantitative estimate of drug-likeness (QED) is 0.849. The number of amides is 1. The molecule has 0 atom stereocenters. The molecule has 1 N–H and O–H groups in total. The van der Waals surface area contributed by atoms with Crippen LogP contribution in [0.4, 0.5) is 11.4 Å². The number of anilines is 2. The van der Waals surface area contributed by atoms with Crippen LogP contribution < -0.4 is 10.2 Å². The molecule has 0 aliphatic carbocycles. The van der Waals surface area contributed by atoms with Crippen molar-refractivity contribution in [3.05, 3.63) is 59.7 Å². The molecule has 3 nitrogen and oxygen atoms in total. The summed E-state index contributed by atoms with van der Waals surface area (Å²) >= 11 is 1.78. The molecule has 1 heterocycles. The molecule has 0 radical (unpaired) electrons. The van der Waals surface area contributed by atoms with Gasteiger partial charge in [-0.15, -0.1) is 0 Å². The maximum absolute atomic E-state index is 12.3. The van der Waals surface area contributed by atoms with Crippen LogP contribution in [-0.4, -0.2) is 25.3 Å². The minimum absolute atomic E-state index is 0.0589. The summed E-state index contributed by atoms with van der Waals surface area (Å²) in [5.41, 5.74) is 4.02. The lowest BCUT2D eigenvalue weighted by molar-refractivity contribution is 0.102. The first-order valence-corrected chi connectivity index (χ1v) is 9.90. The summed E-state index contributed by atoms with van der Waals surface area (Å²) in [5, 5.41) is 2.98. The van der Waals surface area contributed by atoms with Crippen molar-refractivity contribution >= 4 is 29.0 Å². The van der Waals surface area contributed by atoms with Gasteiger partial charge in [0, 0.05) is 35.8 Å². The molecule has 3 rings (SSSR count). The lowest BCUT2D eigenvalue weighted by Gasteiger charge is -2.28. The smallest absolute Gasteiger partial charge is 0.255 e. The van der Waals surface area contributed by atoms with Gasteiger partial charge in [-0.05, 0) is 67.5 Å². The van der Waals surface area contributed by atoms with E-state index in [1.807, 2.05) is 36.4 Å². The van der Waals surface area contributed by atoms with Crippen LogP contribution in [-0.2, 0) is 5.75 Å². The van der Waals surface area contributed by atoms with Gasteiger partial charge in [0.15, 0.2) is 0 Å². The van der Waals surface area contributed by atoms with Gasteiger partial charge < -0.3 is 10.2 Å². The second kappa shape index (κ2) is 8.25. The monoisotopic (exact) mass is 340 g/mol. The summed E-state index contributed by atoms with van der Waals surface area (Å²) in [4.78, 5) is 14.8. The van der Waals surface area contributed by atoms with Gasteiger partial charge in [0.05, 0.1) is 0 Å². The highest BCUT2D eigenvalue weighted by molar-refractivity contribution is 7.97. The third-order valence-electron chi connectivity index (χ3n) is 4.37. The van der Waals surface area contributed by atoms with Gasteiger partial charge in [0.2, 0.25) is 0 Å². The Balaban J connectivity index is 1.61. The third kappa shape index (κ3) is 4.32. The molecule has 24 heavy (non-hydrogen) atoms. The Morgan fingerprint density at radius 1 is 1.00 bits per heavy atom. The molecule has 1 saturated heterocycles. The Bertz CT molecular complexity index is 661. The molecule has 0 bridgehead atoms. The van der Waals surface area contributed by atoms with Crippen LogP contribution >= 0.6 is 11.8 Å². The minimum Gasteiger partial charge on any atom is -0.372 e. The van der Waals surface area contributed by atoms with E-state index in [4.69, 9.17) is 0 Å². The summed E-state index contributed by atoms with van der Waals surface area (Å²) in [6.07, 6.45) is 5.95. The first kappa shape index (κ1) is 16.9. The first-order chi connectivity index (χ1) is 11.8. The molecule has 2 aromatic rings. The fourth-order valence-corrected chi connectivity index (χ4v) is 3.56. The van der Waals surface area contributed by atoms with E-state index in [1.54, 1.807) is 11.8 Å². The molecule has 1 aliphatic heterocycles. The van der Waals surface area contributed by atoms with E-state index in [0.29, 0.717) is 5.56 Å². The number of nitrogens with one attached hydrogen (secondary N) is 1.